The van der Waals surface area contributed by atoms with E-state index in [1.165, 1.54) is 0 Å². The van der Waals surface area contributed by atoms with E-state index in [0.717, 1.165) is 11.1 Å². The molecule has 2 heterocycles. The Labute approximate surface area is 200 Å². The Morgan fingerprint density at radius 1 is 1.12 bits per heavy atom. The largest absolute Gasteiger partial charge is 0.489 e. The van der Waals surface area contributed by atoms with Crippen molar-refractivity contribution in [3.63, 3.8) is 0 Å². The standard InChI is InChI=1S/C28H33F2NO3/c1-3-24(32)22-15-20(25(33)12-8-7-11-21-13-14-31-17-28(21,29)30)16-23-26(18(2)34-27(22)23)19-9-5-4-6-10-19/h4-6,9-10,15-16,18,21,26,31H,3,7-8,11-14,17H2,1-2H3/t18-,21+,26+/m1/s1. The fourth-order valence-electron chi connectivity index (χ4n) is 5.25. The monoisotopic (exact) mass is 469 g/mol. The van der Waals surface area contributed by atoms with Gasteiger partial charge in [0.05, 0.1) is 12.1 Å². The average Bonchev–Trinajstić information content (AvgIpc) is 3.17. The maximum Gasteiger partial charge on any atom is 0.263 e. The molecule has 3 atom stereocenters. The number of Topliss-reactive ketones (excluding diaryl/α,β-unsaturated/α-hetero) is 2. The fourth-order valence-corrected chi connectivity index (χ4v) is 5.25. The molecule has 4 nitrogen and oxygen atoms in total. The SMILES string of the molecule is CCC(=O)c1cc(C(=O)CCCC[C@H]2CCNCC2(F)F)cc2c1O[C@H](C)[C@H]2c1ccccc1. The Balaban J connectivity index is 1.51. The van der Waals surface area contributed by atoms with Crippen LogP contribution in [0.1, 0.15) is 90.1 Å². The first kappa shape index (κ1) is 24.5. The molecule has 2 aliphatic rings. The number of ether oxygens (including phenoxy) is 1. The second-order valence-electron chi connectivity index (χ2n) is 9.52. The molecule has 1 N–H and O–H groups in total. The quantitative estimate of drug-likeness (QED) is 0.352. The minimum absolute atomic E-state index is 0.0556. The van der Waals surface area contributed by atoms with Crippen molar-refractivity contribution in [2.75, 3.05) is 13.1 Å². The second kappa shape index (κ2) is 10.3. The predicted molar refractivity (Wildman–Crippen MR) is 128 cm³/mol. The van der Waals surface area contributed by atoms with Crippen molar-refractivity contribution in [2.45, 2.75) is 70.3 Å². The number of hydrogen-bond donors (Lipinski definition) is 1. The second-order valence-corrected chi connectivity index (χ2v) is 9.52. The normalized spacial score (nSPS) is 23.2. The molecule has 0 bridgehead atoms. The maximum atomic E-state index is 14.0. The molecule has 2 aromatic carbocycles. The summed E-state index contributed by atoms with van der Waals surface area (Å²) in [6.45, 7) is 4.14. The number of alkyl halides is 2. The third-order valence-electron chi connectivity index (χ3n) is 7.16. The highest BCUT2D eigenvalue weighted by Gasteiger charge is 2.41. The summed E-state index contributed by atoms with van der Waals surface area (Å²) in [4.78, 5) is 25.8. The first-order chi connectivity index (χ1) is 16.3. The van der Waals surface area contributed by atoms with Gasteiger partial charge in [-0.2, -0.15) is 0 Å². The van der Waals surface area contributed by atoms with Crippen LogP contribution in [0.4, 0.5) is 8.78 Å². The first-order valence-electron chi connectivity index (χ1n) is 12.4. The number of halogens is 2. The van der Waals surface area contributed by atoms with Crippen LogP contribution in [0.5, 0.6) is 5.75 Å². The molecule has 0 spiro atoms. The third kappa shape index (κ3) is 5.07. The van der Waals surface area contributed by atoms with Gasteiger partial charge in [-0.3, -0.25) is 9.59 Å². The molecule has 182 valence electrons. The molecule has 0 aromatic heterocycles. The Morgan fingerprint density at radius 3 is 2.59 bits per heavy atom. The van der Waals surface area contributed by atoms with Gasteiger partial charge in [0, 0.05) is 35.8 Å². The Bertz CT molecular complexity index is 1040. The van der Waals surface area contributed by atoms with E-state index >= 15 is 0 Å². The topological polar surface area (TPSA) is 55.4 Å². The van der Waals surface area contributed by atoms with Crippen LogP contribution < -0.4 is 10.1 Å². The summed E-state index contributed by atoms with van der Waals surface area (Å²) in [7, 11) is 0. The van der Waals surface area contributed by atoms with Crippen LogP contribution in [0.15, 0.2) is 42.5 Å². The van der Waals surface area contributed by atoms with Gasteiger partial charge in [0.2, 0.25) is 0 Å². The summed E-state index contributed by atoms with van der Waals surface area (Å²) in [5.41, 5.74) is 2.91. The Morgan fingerprint density at radius 2 is 1.88 bits per heavy atom. The molecule has 6 heteroatoms. The van der Waals surface area contributed by atoms with Crippen LogP contribution in [0.25, 0.3) is 0 Å². The number of ketones is 2. The van der Waals surface area contributed by atoms with Crippen LogP contribution in [0.2, 0.25) is 0 Å². The van der Waals surface area contributed by atoms with Gasteiger partial charge in [-0.05, 0) is 50.4 Å². The van der Waals surface area contributed by atoms with Gasteiger partial charge < -0.3 is 10.1 Å². The van der Waals surface area contributed by atoms with Gasteiger partial charge in [0.1, 0.15) is 11.9 Å². The average molecular weight is 470 g/mol. The number of carbonyl (C=O) groups excluding carboxylic acids is 2. The van der Waals surface area contributed by atoms with Crippen LogP contribution in [-0.2, 0) is 0 Å². The van der Waals surface area contributed by atoms with E-state index in [2.05, 4.69) is 5.32 Å². The molecular weight excluding hydrogens is 436 g/mol. The molecule has 4 rings (SSSR count). The minimum atomic E-state index is -2.68. The van der Waals surface area contributed by atoms with Crippen molar-refractivity contribution < 1.29 is 23.1 Å². The number of unbranched alkanes of at least 4 members (excludes halogenated alkanes) is 1. The summed E-state index contributed by atoms with van der Waals surface area (Å²) >= 11 is 0. The molecule has 0 aliphatic carbocycles. The highest BCUT2D eigenvalue weighted by atomic mass is 19.3. The fraction of sp³-hybridized carbons (Fsp3) is 0.500. The lowest BCUT2D eigenvalue weighted by Gasteiger charge is -2.31. The number of rotatable bonds is 9. The number of hydrogen-bond acceptors (Lipinski definition) is 4. The summed E-state index contributed by atoms with van der Waals surface area (Å²) in [5.74, 6) is -2.90. The van der Waals surface area contributed by atoms with Gasteiger partial charge in [0.15, 0.2) is 11.6 Å². The van der Waals surface area contributed by atoms with Crippen LogP contribution in [0.3, 0.4) is 0 Å². The number of piperidine rings is 1. The van der Waals surface area contributed by atoms with Crippen LogP contribution >= 0.6 is 0 Å². The first-order valence-corrected chi connectivity index (χ1v) is 12.4. The van der Waals surface area contributed by atoms with E-state index in [1.807, 2.05) is 43.3 Å². The molecule has 1 saturated heterocycles. The van der Waals surface area contributed by atoms with E-state index < -0.39 is 11.8 Å². The zero-order valence-electron chi connectivity index (χ0n) is 19.9. The smallest absolute Gasteiger partial charge is 0.263 e. The number of benzene rings is 2. The maximum absolute atomic E-state index is 14.0. The van der Waals surface area contributed by atoms with Gasteiger partial charge in [-0.15, -0.1) is 0 Å². The lowest BCUT2D eigenvalue weighted by molar-refractivity contribution is -0.0765. The Kier molecular flexibility index (Phi) is 7.46. The molecule has 0 saturated carbocycles. The van der Waals surface area contributed by atoms with E-state index in [4.69, 9.17) is 4.74 Å². The van der Waals surface area contributed by atoms with Crippen molar-refractivity contribution in [2.24, 2.45) is 5.92 Å². The highest BCUT2D eigenvalue weighted by Crippen LogP contribution is 2.45. The van der Waals surface area contributed by atoms with E-state index in [0.29, 0.717) is 55.5 Å². The predicted octanol–water partition coefficient (Wildman–Crippen LogP) is 6.18. The molecule has 34 heavy (non-hydrogen) atoms. The lowest BCUT2D eigenvalue weighted by atomic mass is 9.85. The molecule has 0 amide bonds. The number of fused-ring (bicyclic) bond motifs is 1. The highest BCUT2D eigenvalue weighted by molar-refractivity contribution is 6.04. The van der Waals surface area contributed by atoms with Gasteiger partial charge in [0.25, 0.3) is 5.92 Å². The van der Waals surface area contributed by atoms with Gasteiger partial charge in [-0.1, -0.05) is 43.7 Å². The van der Waals surface area contributed by atoms with Crippen molar-refractivity contribution in [1.82, 2.24) is 5.32 Å². The summed E-state index contributed by atoms with van der Waals surface area (Å²) in [6.07, 6.45) is 2.48. The third-order valence-corrected chi connectivity index (χ3v) is 7.16. The van der Waals surface area contributed by atoms with Crippen molar-refractivity contribution in [3.8, 4) is 5.75 Å². The molecule has 1 fully saturated rings. The summed E-state index contributed by atoms with van der Waals surface area (Å²) < 4.78 is 34.2. The minimum Gasteiger partial charge on any atom is -0.489 e. The Hall–Kier alpha value is -2.60. The number of carbonyl (C=O) groups is 2. The molecule has 0 radical (unpaired) electrons. The van der Waals surface area contributed by atoms with E-state index in [1.54, 1.807) is 13.0 Å². The summed E-state index contributed by atoms with van der Waals surface area (Å²) in [5, 5.41) is 2.75. The zero-order valence-corrected chi connectivity index (χ0v) is 19.9. The van der Waals surface area contributed by atoms with Crippen molar-refractivity contribution >= 4 is 11.6 Å². The molecule has 2 aliphatic heterocycles. The van der Waals surface area contributed by atoms with Gasteiger partial charge in [-0.25, -0.2) is 8.78 Å². The molecular formula is C28H33F2NO3. The molecule has 2 aromatic rings. The lowest BCUT2D eigenvalue weighted by Crippen LogP contribution is -2.45. The van der Waals surface area contributed by atoms with E-state index in [9.17, 15) is 18.4 Å². The van der Waals surface area contributed by atoms with Gasteiger partial charge >= 0.3 is 0 Å². The van der Waals surface area contributed by atoms with Crippen LogP contribution in [0, 0.1) is 5.92 Å². The summed E-state index contributed by atoms with van der Waals surface area (Å²) in [6, 6.07) is 13.5. The van der Waals surface area contributed by atoms with Crippen molar-refractivity contribution in [3.05, 3.63) is 64.7 Å². The molecule has 0 unspecified atom stereocenters. The van der Waals surface area contributed by atoms with Crippen LogP contribution in [-0.4, -0.2) is 36.7 Å². The number of nitrogens with one attached hydrogen (secondary N) is 1. The zero-order chi connectivity index (χ0) is 24.3. The van der Waals surface area contributed by atoms with E-state index in [-0.39, 0.29) is 36.6 Å². The van der Waals surface area contributed by atoms with Crippen molar-refractivity contribution in [1.29, 1.82) is 0 Å².